The van der Waals surface area contributed by atoms with Crippen LogP contribution in [0.4, 0.5) is 5.13 Å². The Hall–Kier alpha value is -3.34. The molecule has 8 heteroatoms. The second kappa shape index (κ2) is 11.0. The number of benzene rings is 2. The standard InChI is InChI=1S/C22H18ClN3O3S/c23-19-14-16(13-17(15-24)21(27)26-22-25-9-12-30-22)7-8-20(19)29-11-4-10-28-18-5-2-1-3-6-18/h1-3,5-9,12-14H,4,10-11H2,(H,25,26,27)/b17-13-. The van der Waals surface area contributed by atoms with Gasteiger partial charge in [0.2, 0.25) is 0 Å². The molecule has 0 bridgehead atoms. The van der Waals surface area contributed by atoms with E-state index in [0.29, 0.717) is 41.1 Å². The number of carbonyl (C=O) groups is 1. The molecule has 6 nitrogen and oxygen atoms in total. The molecule has 0 fully saturated rings. The van der Waals surface area contributed by atoms with Gasteiger partial charge in [0, 0.05) is 18.0 Å². The number of halogens is 1. The first-order valence-corrected chi connectivity index (χ1v) is 10.3. The van der Waals surface area contributed by atoms with E-state index < -0.39 is 5.91 Å². The number of nitriles is 1. The average Bonchev–Trinajstić information content (AvgIpc) is 3.26. The van der Waals surface area contributed by atoms with Crippen LogP contribution in [0.25, 0.3) is 6.08 Å². The van der Waals surface area contributed by atoms with Gasteiger partial charge in [-0.3, -0.25) is 10.1 Å². The van der Waals surface area contributed by atoms with Crippen molar-refractivity contribution in [3.8, 4) is 17.6 Å². The van der Waals surface area contributed by atoms with Crippen molar-refractivity contribution in [3.63, 3.8) is 0 Å². The van der Waals surface area contributed by atoms with Crippen molar-refractivity contribution >= 4 is 40.1 Å². The van der Waals surface area contributed by atoms with E-state index in [9.17, 15) is 10.1 Å². The molecular formula is C22H18ClN3O3S. The highest BCUT2D eigenvalue weighted by atomic mass is 35.5. The number of thiazole rings is 1. The van der Waals surface area contributed by atoms with Crippen molar-refractivity contribution in [2.45, 2.75) is 6.42 Å². The molecule has 1 N–H and O–H groups in total. The van der Waals surface area contributed by atoms with Gasteiger partial charge in [-0.2, -0.15) is 5.26 Å². The van der Waals surface area contributed by atoms with Crippen LogP contribution in [-0.4, -0.2) is 24.1 Å². The molecule has 0 radical (unpaired) electrons. The van der Waals surface area contributed by atoms with Crippen LogP contribution < -0.4 is 14.8 Å². The third-order valence-electron chi connectivity index (χ3n) is 3.84. The van der Waals surface area contributed by atoms with Crippen molar-refractivity contribution in [3.05, 3.63) is 76.3 Å². The fourth-order valence-corrected chi connectivity index (χ4v) is 3.20. The number of nitrogens with one attached hydrogen (secondary N) is 1. The molecule has 0 aliphatic carbocycles. The normalized spacial score (nSPS) is 10.9. The first kappa shape index (κ1) is 21.4. The largest absolute Gasteiger partial charge is 0.493 e. The Morgan fingerprint density at radius 2 is 2.00 bits per heavy atom. The summed E-state index contributed by atoms with van der Waals surface area (Å²) in [7, 11) is 0. The first-order chi connectivity index (χ1) is 14.7. The number of ether oxygens (including phenoxy) is 2. The van der Waals surface area contributed by atoms with Gasteiger partial charge < -0.3 is 9.47 Å². The molecular weight excluding hydrogens is 422 g/mol. The molecule has 0 saturated carbocycles. The molecule has 1 aromatic heterocycles. The SMILES string of the molecule is N#C/C(=C/c1ccc(OCCCOc2ccccc2)c(Cl)c1)C(=O)Nc1nccs1. The Morgan fingerprint density at radius 1 is 1.20 bits per heavy atom. The Morgan fingerprint density at radius 3 is 2.70 bits per heavy atom. The highest BCUT2D eigenvalue weighted by Gasteiger charge is 2.11. The third kappa shape index (κ3) is 6.34. The van der Waals surface area contributed by atoms with E-state index in [2.05, 4.69) is 10.3 Å². The summed E-state index contributed by atoms with van der Waals surface area (Å²) < 4.78 is 11.3. The van der Waals surface area contributed by atoms with Crippen LogP contribution in [0.15, 0.2) is 65.7 Å². The van der Waals surface area contributed by atoms with Gasteiger partial charge in [0.05, 0.1) is 18.2 Å². The summed E-state index contributed by atoms with van der Waals surface area (Å²) in [6, 6.07) is 16.6. The molecule has 1 amide bonds. The zero-order valence-corrected chi connectivity index (χ0v) is 17.4. The van der Waals surface area contributed by atoms with Crippen LogP contribution in [0.2, 0.25) is 5.02 Å². The molecule has 0 spiro atoms. The van der Waals surface area contributed by atoms with Crippen LogP contribution in [0, 0.1) is 11.3 Å². The Balaban J connectivity index is 1.52. The summed E-state index contributed by atoms with van der Waals surface area (Å²) in [4.78, 5) is 16.2. The van der Waals surface area contributed by atoms with Crippen LogP contribution >= 0.6 is 22.9 Å². The van der Waals surface area contributed by atoms with Crippen LogP contribution in [0.1, 0.15) is 12.0 Å². The average molecular weight is 440 g/mol. The lowest BCUT2D eigenvalue weighted by molar-refractivity contribution is -0.112. The second-order valence-electron chi connectivity index (χ2n) is 6.01. The van der Waals surface area contributed by atoms with Crippen molar-refractivity contribution in [2.24, 2.45) is 0 Å². The number of aromatic nitrogens is 1. The van der Waals surface area contributed by atoms with Gasteiger partial charge >= 0.3 is 0 Å². The number of amides is 1. The minimum atomic E-state index is -0.526. The van der Waals surface area contributed by atoms with Gasteiger partial charge in [-0.05, 0) is 35.9 Å². The van der Waals surface area contributed by atoms with E-state index in [4.69, 9.17) is 21.1 Å². The quantitative estimate of drug-likeness (QED) is 0.282. The summed E-state index contributed by atoms with van der Waals surface area (Å²) in [5.41, 5.74) is 0.568. The third-order valence-corrected chi connectivity index (χ3v) is 4.83. The number of carbonyl (C=O) groups excluding carboxylic acids is 1. The molecule has 0 atom stereocenters. The predicted molar refractivity (Wildman–Crippen MR) is 118 cm³/mol. The smallest absolute Gasteiger partial charge is 0.268 e. The Kier molecular flexibility index (Phi) is 7.84. The molecule has 3 aromatic rings. The maximum absolute atomic E-state index is 12.2. The maximum atomic E-state index is 12.2. The van der Waals surface area contributed by atoms with Gasteiger partial charge in [-0.25, -0.2) is 4.98 Å². The fourth-order valence-electron chi connectivity index (χ4n) is 2.44. The number of hydrogen-bond donors (Lipinski definition) is 1. The van der Waals surface area contributed by atoms with Crippen molar-refractivity contribution in [2.75, 3.05) is 18.5 Å². The van der Waals surface area contributed by atoms with E-state index in [1.807, 2.05) is 36.4 Å². The lowest BCUT2D eigenvalue weighted by Crippen LogP contribution is -2.13. The second-order valence-corrected chi connectivity index (χ2v) is 7.32. The summed E-state index contributed by atoms with van der Waals surface area (Å²) >= 11 is 7.56. The van der Waals surface area contributed by atoms with E-state index in [1.165, 1.54) is 17.4 Å². The number of anilines is 1. The minimum absolute atomic E-state index is 0.0482. The molecule has 30 heavy (non-hydrogen) atoms. The maximum Gasteiger partial charge on any atom is 0.268 e. The van der Waals surface area contributed by atoms with Crippen LogP contribution in [0.5, 0.6) is 11.5 Å². The van der Waals surface area contributed by atoms with E-state index in [1.54, 1.807) is 29.8 Å². The highest BCUT2D eigenvalue weighted by Crippen LogP contribution is 2.27. The summed E-state index contributed by atoms with van der Waals surface area (Å²) in [5, 5.41) is 14.4. The number of hydrogen-bond acceptors (Lipinski definition) is 6. The van der Waals surface area contributed by atoms with Crippen molar-refractivity contribution < 1.29 is 14.3 Å². The van der Waals surface area contributed by atoms with Gasteiger partial charge in [-0.1, -0.05) is 35.9 Å². The Bertz CT molecular complexity index is 1050. The van der Waals surface area contributed by atoms with Gasteiger partial charge in [0.15, 0.2) is 5.13 Å². The van der Waals surface area contributed by atoms with Gasteiger partial charge in [0.25, 0.3) is 5.91 Å². The van der Waals surface area contributed by atoms with E-state index in [0.717, 1.165) is 5.75 Å². The number of para-hydroxylation sites is 1. The lowest BCUT2D eigenvalue weighted by Gasteiger charge is -2.10. The first-order valence-electron chi connectivity index (χ1n) is 9.08. The number of nitrogens with zero attached hydrogens (tertiary/aromatic N) is 2. The zero-order chi connectivity index (χ0) is 21.2. The minimum Gasteiger partial charge on any atom is -0.493 e. The monoisotopic (exact) mass is 439 g/mol. The summed E-state index contributed by atoms with van der Waals surface area (Å²) in [6.45, 7) is 0.976. The molecule has 152 valence electrons. The van der Waals surface area contributed by atoms with Gasteiger partial charge in [-0.15, -0.1) is 11.3 Å². The van der Waals surface area contributed by atoms with Gasteiger partial charge in [0.1, 0.15) is 23.1 Å². The topological polar surface area (TPSA) is 84.2 Å². The van der Waals surface area contributed by atoms with Crippen molar-refractivity contribution in [1.82, 2.24) is 4.98 Å². The lowest BCUT2D eigenvalue weighted by atomic mass is 10.1. The molecule has 1 heterocycles. The predicted octanol–water partition coefficient (Wildman–Crippen LogP) is 5.19. The highest BCUT2D eigenvalue weighted by molar-refractivity contribution is 7.13. The molecule has 0 saturated heterocycles. The zero-order valence-electron chi connectivity index (χ0n) is 15.9. The number of rotatable bonds is 9. The van der Waals surface area contributed by atoms with Crippen LogP contribution in [-0.2, 0) is 4.79 Å². The molecule has 0 aliphatic heterocycles. The molecule has 2 aromatic carbocycles. The molecule has 0 aliphatic rings. The van der Waals surface area contributed by atoms with Crippen molar-refractivity contribution in [1.29, 1.82) is 5.26 Å². The Labute approximate surface area is 183 Å². The van der Waals surface area contributed by atoms with Crippen LogP contribution in [0.3, 0.4) is 0 Å². The molecule has 3 rings (SSSR count). The fraction of sp³-hybridized carbons (Fsp3) is 0.136. The van der Waals surface area contributed by atoms with E-state index in [-0.39, 0.29) is 5.57 Å². The molecule has 0 unspecified atom stereocenters. The summed E-state index contributed by atoms with van der Waals surface area (Å²) in [6.07, 6.45) is 3.73. The summed E-state index contributed by atoms with van der Waals surface area (Å²) in [5.74, 6) is 0.820. The van der Waals surface area contributed by atoms with E-state index >= 15 is 0 Å².